The van der Waals surface area contributed by atoms with Crippen LogP contribution in [-0.4, -0.2) is 5.78 Å². The number of carbonyl (C=O) groups is 1. The molecule has 0 spiro atoms. The van der Waals surface area contributed by atoms with Crippen LogP contribution in [0.15, 0.2) is 36.4 Å². The van der Waals surface area contributed by atoms with E-state index in [1.807, 2.05) is 0 Å². The Bertz CT molecular complexity index is 704. The van der Waals surface area contributed by atoms with Crippen molar-refractivity contribution in [3.63, 3.8) is 0 Å². The van der Waals surface area contributed by atoms with Gasteiger partial charge in [-0.3, -0.25) is 4.79 Å². The minimum Gasteiger partial charge on any atom is -0.289 e. The molecule has 0 saturated heterocycles. The number of hydrogen-bond donors (Lipinski definition) is 0. The Kier molecular flexibility index (Phi) is 3.80. The van der Waals surface area contributed by atoms with Crippen molar-refractivity contribution < 1.29 is 26.7 Å². The average molecular weight is 300 g/mol. The minimum absolute atomic E-state index is 0.107. The van der Waals surface area contributed by atoms with Gasteiger partial charge in [-0.05, 0) is 42.8 Å². The first-order chi connectivity index (χ1) is 9.70. The Morgan fingerprint density at radius 2 is 1.67 bits per heavy atom. The van der Waals surface area contributed by atoms with Crippen LogP contribution < -0.4 is 0 Å². The predicted octanol–water partition coefficient (Wildman–Crippen LogP) is 4.52. The summed E-state index contributed by atoms with van der Waals surface area (Å²) in [6.07, 6.45) is -4.82. The molecule has 0 aliphatic heterocycles. The van der Waals surface area contributed by atoms with Crippen molar-refractivity contribution in [1.29, 1.82) is 0 Å². The first kappa shape index (κ1) is 15.2. The summed E-state index contributed by atoms with van der Waals surface area (Å²) < 4.78 is 63.8. The van der Waals surface area contributed by atoms with Gasteiger partial charge in [0.05, 0.1) is 5.56 Å². The molecule has 6 heteroatoms. The molecule has 0 saturated carbocycles. The molecule has 21 heavy (non-hydrogen) atoms. The van der Waals surface area contributed by atoms with Gasteiger partial charge >= 0.3 is 6.18 Å². The lowest BCUT2D eigenvalue weighted by Crippen LogP contribution is -2.10. The molecule has 0 unspecified atom stereocenters. The highest BCUT2D eigenvalue weighted by Gasteiger charge is 2.34. The third-order valence-electron chi connectivity index (χ3n) is 2.97. The van der Waals surface area contributed by atoms with Crippen LogP contribution in [0.5, 0.6) is 0 Å². The highest BCUT2D eigenvalue weighted by atomic mass is 19.4. The molecule has 0 bridgehead atoms. The van der Waals surface area contributed by atoms with Crippen molar-refractivity contribution in [1.82, 2.24) is 0 Å². The van der Waals surface area contributed by atoms with Gasteiger partial charge < -0.3 is 0 Å². The number of benzene rings is 2. The van der Waals surface area contributed by atoms with E-state index in [1.165, 1.54) is 13.0 Å². The van der Waals surface area contributed by atoms with Crippen molar-refractivity contribution in [3.05, 3.63) is 70.3 Å². The van der Waals surface area contributed by atoms with Gasteiger partial charge in [0.2, 0.25) is 0 Å². The summed E-state index contributed by atoms with van der Waals surface area (Å²) in [5.41, 5.74) is -1.24. The number of carbonyl (C=O) groups excluding carboxylic acids is 1. The molecule has 0 atom stereocenters. The van der Waals surface area contributed by atoms with Crippen molar-refractivity contribution >= 4 is 5.78 Å². The van der Waals surface area contributed by atoms with Gasteiger partial charge in [0.15, 0.2) is 5.78 Å². The monoisotopic (exact) mass is 300 g/mol. The van der Waals surface area contributed by atoms with Crippen molar-refractivity contribution in [2.75, 3.05) is 0 Å². The molecule has 2 aromatic carbocycles. The van der Waals surface area contributed by atoms with Crippen LogP contribution in [0.3, 0.4) is 0 Å². The molecular weight excluding hydrogens is 291 g/mol. The van der Waals surface area contributed by atoms with Crippen molar-refractivity contribution in [2.45, 2.75) is 13.1 Å². The quantitative estimate of drug-likeness (QED) is 0.588. The fourth-order valence-corrected chi connectivity index (χ4v) is 1.92. The zero-order valence-corrected chi connectivity index (χ0v) is 10.8. The van der Waals surface area contributed by atoms with Gasteiger partial charge in [-0.15, -0.1) is 0 Å². The number of rotatable bonds is 2. The number of ketones is 1. The molecule has 0 fully saturated rings. The van der Waals surface area contributed by atoms with Crippen molar-refractivity contribution in [2.24, 2.45) is 0 Å². The lowest BCUT2D eigenvalue weighted by molar-refractivity contribution is -0.140. The molecule has 0 aromatic heterocycles. The van der Waals surface area contributed by atoms with Gasteiger partial charge in [-0.1, -0.05) is 6.07 Å². The van der Waals surface area contributed by atoms with E-state index >= 15 is 0 Å². The van der Waals surface area contributed by atoms with Crippen LogP contribution in [0, 0.1) is 18.6 Å². The van der Waals surface area contributed by atoms with Gasteiger partial charge in [0, 0.05) is 11.1 Å². The Balaban J connectivity index is 2.43. The SMILES string of the molecule is Cc1cc(F)ccc1C(=O)c1ccc(C(F)(F)F)c(F)c1. The van der Waals surface area contributed by atoms with Gasteiger partial charge in [0.25, 0.3) is 0 Å². The molecule has 2 rings (SSSR count). The third-order valence-corrected chi connectivity index (χ3v) is 2.97. The summed E-state index contributed by atoms with van der Waals surface area (Å²) in [6.45, 7) is 1.48. The van der Waals surface area contributed by atoms with Crippen LogP contribution >= 0.6 is 0 Å². The number of hydrogen-bond acceptors (Lipinski definition) is 1. The van der Waals surface area contributed by atoms with E-state index in [2.05, 4.69) is 0 Å². The van der Waals surface area contributed by atoms with E-state index in [9.17, 15) is 26.7 Å². The van der Waals surface area contributed by atoms with Gasteiger partial charge in [-0.2, -0.15) is 13.2 Å². The fraction of sp³-hybridized carbons (Fsp3) is 0.133. The maximum atomic E-state index is 13.5. The largest absolute Gasteiger partial charge is 0.419 e. The van der Waals surface area contributed by atoms with E-state index in [0.29, 0.717) is 17.7 Å². The van der Waals surface area contributed by atoms with E-state index in [1.54, 1.807) is 0 Å². The highest BCUT2D eigenvalue weighted by Crippen LogP contribution is 2.32. The van der Waals surface area contributed by atoms with E-state index in [0.717, 1.165) is 18.2 Å². The van der Waals surface area contributed by atoms with Crippen LogP contribution in [0.1, 0.15) is 27.0 Å². The smallest absolute Gasteiger partial charge is 0.289 e. The summed E-state index contributed by atoms with van der Waals surface area (Å²) in [6, 6.07) is 5.34. The molecule has 110 valence electrons. The van der Waals surface area contributed by atoms with E-state index in [-0.39, 0.29) is 11.1 Å². The lowest BCUT2D eigenvalue weighted by Gasteiger charge is -2.10. The molecule has 0 heterocycles. The van der Waals surface area contributed by atoms with Gasteiger partial charge in [-0.25, -0.2) is 8.78 Å². The first-order valence-electron chi connectivity index (χ1n) is 5.88. The zero-order valence-electron chi connectivity index (χ0n) is 10.8. The average Bonchev–Trinajstić information content (AvgIpc) is 2.36. The van der Waals surface area contributed by atoms with E-state index in [4.69, 9.17) is 0 Å². The van der Waals surface area contributed by atoms with Crippen LogP contribution in [-0.2, 0) is 6.18 Å². The van der Waals surface area contributed by atoms with Crippen LogP contribution in [0.4, 0.5) is 22.0 Å². The van der Waals surface area contributed by atoms with Crippen LogP contribution in [0.25, 0.3) is 0 Å². The molecule has 0 aliphatic carbocycles. The normalized spacial score (nSPS) is 11.5. The molecule has 0 radical (unpaired) electrons. The van der Waals surface area contributed by atoms with Gasteiger partial charge in [0.1, 0.15) is 11.6 Å². The molecule has 0 N–H and O–H groups in total. The standard InChI is InChI=1S/C15H9F5O/c1-8-6-10(16)3-4-11(8)14(21)9-2-5-12(13(17)7-9)15(18,19)20/h2-7H,1H3. The summed E-state index contributed by atoms with van der Waals surface area (Å²) in [4.78, 5) is 12.1. The fourth-order valence-electron chi connectivity index (χ4n) is 1.92. The number of halogens is 5. The highest BCUT2D eigenvalue weighted by molar-refractivity contribution is 6.09. The second kappa shape index (κ2) is 5.27. The maximum absolute atomic E-state index is 13.5. The Hall–Kier alpha value is -2.24. The maximum Gasteiger partial charge on any atom is 0.419 e. The number of alkyl halides is 3. The molecular formula is C15H9F5O. The van der Waals surface area contributed by atoms with Crippen molar-refractivity contribution in [3.8, 4) is 0 Å². The Morgan fingerprint density at radius 1 is 1.00 bits per heavy atom. The van der Waals surface area contributed by atoms with Crippen LogP contribution in [0.2, 0.25) is 0 Å². The summed E-state index contributed by atoms with van der Waals surface area (Å²) in [5, 5.41) is 0. The molecule has 0 amide bonds. The summed E-state index contributed by atoms with van der Waals surface area (Å²) >= 11 is 0. The molecule has 0 aliphatic rings. The first-order valence-corrected chi connectivity index (χ1v) is 5.88. The third kappa shape index (κ3) is 3.09. The second-order valence-electron chi connectivity index (χ2n) is 4.48. The minimum atomic E-state index is -4.82. The summed E-state index contributed by atoms with van der Waals surface area (Å²) in [7, 11) is 0. The predicted molar refractivity (Wildman–Crippen MR) is 66.0 cm³/mol. The summed E-state index contributed by atoms with van der Waals surface area (Å²) in [5.74, 6) is -2.73. The topological polar surface area (TPSA) is 17.1 Å². The van der Waals surface area contributed by atoms with E-state index < -0.39 is 29.2 Å². The number of aryl methyl sites for hydroxylation is 1. The Labute approximate surface area is 117 Å². The second-order valence-corrected chi connectivity index (χ2v) is 4.48. The zero-order chi connectivity index (χ0) is 15.8. The lowest BCUT2D eigenvalue weighted by atomic mass is 9.98. The Morgan fingerprint density at radius 3 is 2.19 bits per heavy atom. The molecule has 2 aromatic rings. The molecule has 1 nitrogen and oxygen atoms in total.